The van der Waals surface area contributed by atoms with Crippen LogP contribution in [0.3, 0.4) is 0 Å². The van der Waals surface area contributed by atoms with E-state index >= 15 is 0 Å². The number of hydrogen-bond donors (Lipinski definition) is 1. The van der Waals surface area contributed by atoms with Gasteiger partial charge in [0, 0.05) is 29.6 Å². The highest BCUT2D eigenvalue weighted by Crippen LogP contribution is 2.45. The summed E-state index contributed by atoms with van der Waals surface area (Å²) in [4.78, 5) is 38.8. The Bertz CT molecular complexity index is 967. The van der Waals surface area contributed by atoms with Gasteiger partial charge in [0.2, 0.25) is 0 Å². The van der Waals surface area contributed by atoms with Crippen LogP contribution >= 0.6 is 0 Å². The predicted molar refractivity (Wildman–Crippen MR) is 109 cm³/mol. The number of rotatable bonds is 6. The number of dihydropyridines is 1. The minimum atomic E-state index is -1.02. The Hall–Kier alpha value is -3.00. The summed E-state index contributed by atoms with van der Waals surface area (Å²) in [5.74, 6) is -4.69. The van der Waals surface area contributed by atoms with Gasteiger partial charge in [-0.1, -0.05) is 25.1 Å². The van der Waals surface area contributed by atoms with Crippen molar-refractivity contribution in [3.63, 3.8) is 0 Å². The minimum Gasteiger partial charge on any atom is -0.468 e. The molecule has 3 rings (SSSR count). The molecule has 0 amide bonds. The molecule has 1 aliphatic heterocycles. The number of ether oxygens (including phenoxy) is 3. The van der Waals surface area contributed by atoms with Crippen LogP contribution in [0.15, 0.2) is 46.8 Å². The number of esters is 2. The zero-order valence-electron chi connectivity index (χ0n) is 18.0. The number of carbonyl (C=O) groups excluding carboxylic acids is 3. The Labute approximate surface area is 180 Å². The van der Waals surface area contributed by atoms with Crippen LogP contribution < -0.4 is 5.32 Å². The number of halogens is 1. The number of allylic oxidation sites excluding steroid dienone is 3. The molecule has 1 aliphatic carbocycles. The van der Waals surface area contributed by atoms with Gasteiger partial charge in [-0.05, 0) is 25.3 Å². The molecule has 1 aromatic carbocycles. The van der Waals surface area contributed by atoms with Gasteiger partial charge in [0.25, 0.3) is 0 Å². The van der Waals surface area contributed by atoms with E-state index in [0.29, 0.717) is 17.8 Å². The van der Waals surface area contributed by atoms with E-state index in [1.54, 1.807) is 19.9 Å². The fourth-order valence-corrected chi connectivity index (χ4v) is 4.27. The summed E-state index contributed by atoms with van der Waals surface area (Å²) in [5, 5.41) is 3.13. The topological polar surface area (TPSA) is 90.9 Å². The molecule has 0 spiro atoms. The fraction of sp³-hybridized carbons (Fsp3) is 0.435. The number of ketones is 1. The van der Waals surface area contributed by atoms with E-state index < -0.39 is 35.4 Å². The highest BCUT2D eigenvalue weighted by molar-refractivity contribution is 6.12. The Balaban J connectivity index is 2.14. The molecule has 0 radical (unpaired) electrons. The summed E-state index contributed by atoms with van der Waals surface area (Å²) in [5.41, 5.74) is 1.55. The highest BCUT2D eigenvalue weighted by Gasteiger charge is 2.47. The predicted octanol–water partition coefficient (Wildman–Crippen LogP) is 2.63. The van der Waals surface area contributed by atoms with Crippen molar-refractivity contribution in [2.75, 3.05) is 27.4 Å². The molecule has 166 valence electrons. The fourth-order valence-electron chi connectivity index (χ4n) is 4.27. The van der Waals surface area contributed by atoms with Gasteiger partial charge in [-0.2, -0.15) is 0 Å². The molecule has 1 aromatic rings. The van der Waals surface area contributed by atoms with Gasteiger partial charge in [0.15, 0.2) is 5.78 Å². The molecule has 31 heavy (non-hydrogen) atoms. The Kier molecular flexibility index (Phi) is 6.90. The average Bonchev–Trinajstić information content (AvgIpc) is 2.73. The Morgan fingerprint density at radius 2 is 1.90 bits per heavy atom. The van der Waals surface area contributed by atoms with Crippen LogP contribution in [0.2, 0.25) is 0 Å². The van der Waals surface area contributed by atoms with Gasteiger partial charge in [-0.3, -0.25) is 9.59 Å². The number of nitrogens with one attached hydrogen (secondary N) is 1. The monoisotopic (exact) mass is 431 g/mol. The van der Waals surface area contributed by atoms with Crippen LogP contribution in [-0.4, -0.2) is 45.2 Å². The molecule has 1 N–H and O–H groups in total. The van der Waals surface area contributed by atoms with Crippen LogP contribution in [-0.2, 0) is 28.6 Å². The Morgan fingerprint density at radius 3 is 2.55 bits per heavy atom. The van der Waals surface area contributed by atoms with Crippen LogP contribution in [0.4, 0.5) is 4.39 Å². The molecule has 3 atom stereocenters. The molecule has 0 saturated heterocycles. The smallest absolute Gasteiger partial charge is 0.336 e. The molecular formula is C23H26FNO6. The van der Waals surface area contributed by atoms with Crippen molar-refractivity contribution < 1.29 is 33.0 Å². The molecule has 0 aromatic heterocycles. The summed E-state index contributed by atoms with van der Waals surface area (Å²) in [6, 6.07) is 5.97. The van der Waals surface area contributed by atoms with Crippen molar-refractivity contribution in [2.24, 2.45) is 11.8 Å². The highest BCUT2D eigenvalue weighted by atomic mass is 19.1. The van der Waals surface area contributed by atoms with E-state index in [1.807, 2.05) is 0 Å². The first-order valence-corrected chi connectivity index (χ1v) is 10.0. The third-order valence-electron chi connectivity index (χ3n) is 5.70. The summed E-state index contributed by atoms with van der Waals surface area (Å²) in [7, 11) is 2.71. The number of methoxy groups -OCH3 is 2. The maximum absolute atomic E-state index is 14.9. The second-order valence-corrected chi connectivity index (χ2v) is 7.69. The molecule has 1 heterocycles. The van der Waals surface area contributed by atoms with Gasteiger partial charge in [-0.25, -0.2) is 9.18 Å². The number of Topliss-reactive ketones (excluding diaryl/α,β-unsaturated/α-hetero) is 1. The van der Waals surface area contributed by atoms with E-state index in [4.69, 9.17) is 14.2 Å². The molecule has 7 nitrogen and oxygen atoms in total. The maximum atomic E-state index is 14.9. The van der Waals surface area contributed by atoms with Gasteiger partial charge in [0.05, 0.1) is 25.2 Å². The standard InChI is InChI=1S/C23H26FNO6/c1-12-11-16-20(21(26)17(12)22(27)30-4)19(14-7-5-6-8-15(14)24)18(13(2)25-16)23(28)31-10-9-29-3/h5-8,12,17,19,25H,9-11H2,1-4H3/t12-,17+,19-/m1/s1. The van der Waals surface area contributed by atoms with Crippen LogP contribution in [0, 0.1) is 17.7 Å². The lowest BCUT2D eigenvalue weighted by atomic mass is 9.69. The molecule has 0 fully saturated rings. The van der Waals surface area contributed by atoms with E-state index in [-0.39, 0.29) is 35.8 Å². The van der Waals surface area contributed by atoms with E-state index in [2.05, 4.69) is 5.32 Å². The maximum Gasteiger partial charge on any atom is 0.336 e. The van der Waals surface area contributed by atoms with Crippen molar-refractivity contribution in [2.45, 2.75) is 26.2 Å². The molecule has 8 heteroatoms. The first-order valence-electron chi connectivity index (χ1n) is 10.0. The molecule has 0 saturated carbocycles. The SMILES string of the molecule is COCCOC(=O)C1=C(C)NC2=C(C(=O)[C@@H](C(=O)OC)[C@H](C)C2)[C@@H]1c1ccccc1F. The van der Waals surface area contributed by atoms with Crippen molar-refractivity contribution in [1.82, 2.24) is 5.32 Å². The molecular weight excluding hydrogens is 405 g/mol. The number of hydrogen-bond acceptors (Lipinski definition) is 7. The lowest BCUT2D eigenvalue weighted by Crippen LogP contribution is -2.43. The minimum absolute atomic E-state index is 0.0117. The van der Waals surface area contributed by atoms with E-state index in [0.717, 1.165) is 0 Å². The van der Waals surface area contributed by atoms with Crippen molar-refractivity contribution >= 4 is 17.7 Å². The van der Waals surface area contributed by atoms with Crippen molar-refractivity contribution in [1.29, 1.82) is 0 Å². The zero-order valence-corrected chi connectivity index (χ0v) is 18.0. The number of benzene rings is 1. The first-order chi connectivity index (χ1) is 14.8. The number of carbonyl (C=O) groups is 3. The summed E-state index contributed by atoms with van der Waals surface area (Å²) in [6.45, 7) is 3.69. The summed E-state index contributed by atoms with van der Waals surface area (Å²) >= 11 is 0. The second-order valence-electron chi connectivity index (χ2n) is 7.69. The molecule has 0 unspecified atom stereocenters. The second kappa shape index (κ2) is 9.43. The van der Waals surface area contributed by atoms with Gasteiger partial charge in [0.1, 0.15) is 18.3 Å². The van der Waals surface area contributed by atoms with Gasteiger partial charge >= 0.3 is 11.9 Å². The lowest BCUT2D eigenvalue weighted by molar-refractivity contribution is -0.151. The molecule has 0 bridgehead atoms. The average molecular weight is 431 g/mol. The summed E-state index contributed by atoms with van der Waals surface area (Å²) < 4.78 is 30.0. The third-order valence-corrected chi connectivity index (χ3v) is 5.70. The van der Waals surface area contributed by atoms with Gasteiger partial charge < -0.3 is 19.5 Å². The largest absolute Gasteiger partial charge is 0.468 e. The molecule has 2 aliphatic rings. The third kappa shape index (κ3) is 4.25. The normalized spacial score (nSPS) is 23.3. The van der Waals surface area contributed by atoms with Crippen molar-refractivity contribution in [3.8, 4) is 0 Å². The first kappa shape index (κ1) is 22.7. The van der Waals surface area contributed by atoms with E-state index in [9.17, 15) is 18.8 Å². The van der Waals surface area contributed by atoms with E-state index in [1.165, 1.54) is 32.4 Å². The van der Waals surface area contributed by atoms with Crippen LogP contribution in [0.25, 0.3) is 0 Å². The zero-order chi connectivity index (χ0) is 22.7. The van der Waals surface area contributed by atoms with Crippen molar-refractivity contribution in [3.05, 3.63) is 58.2 Å². The van der Waals surface area contributed by atoms with Crippen LogP contribution in [0.5, 0.6) is 0 Å². The lowest BCUT2D eigenvalue weighted by Gasteiger charge is -2.38. The Morgan fingerprint density at radius 1 is 1.19 bits per heavy atom. The summed E-state index contributed by atoms with van der Waals surface area (Å²) in [6.07, 6.45) is 0.384. The van der Waals surface area contributed by atoms with Gasteiger partial charge in [-0.15, -0.1) is 0 Å². The quantitative estimate of drug-likeness (QED) is 0.421. The van der Waals surface area contributed by atoms with Crippen LogP contribution in [0.1, 0.15) is 31.7 Å².